The van der Waals surface area contributed by atoms with E-state index in [1.165, 1.54) is 12.8 Å². The van der Waals surface area contributed by atoms with Gasteiger partial charge in [-0.3, -0.25) is 0 Å². The van der Waals surface area contributed by atoms with Crippen molar-refractivity contribution in [1.82, 2.24) is 5.32 Å². The van der Waals surface area contributed by atoms with E-state index < -0.39 is 0 Å². The molecule has 0 saturated heterocycles. The lowest BCUT2D eigenvalue weighted by Gasteiger charge is -2.59. The van der Waals surface area contributed by atoms with Crippen LogP contribution in [0, 0.1) is 5.41 Å². The molecule has 3 N–H and O–H groups in total. The molecule has 1 fully saturated rings. The minimum absolute atomic E-state index is 0.0855. The molecule has 0 spiro atoms. The molecular weight excluding hydrogens is 200 g/mol. The van der Waals surface area contributed by atoms with Crippen molar-refractivity contribution >= 4 is 0 Å². The summed E-state index contributed by atoms with van der Waals surface area (Å²) in [5.74, 6) is 0. The van der Waals surface area contributed by atoms with Gasteiger partial charge in [-0.25, -0.2) is 0 Å². The minimum atomic E-state index is -0.0966. The first-order valence-electron chi connectivity index (χ1n) is 6.59. The summed E-state index contributed by atoms with van der Waals surface area (Å²) in [6, 6.07) is 0. The Morgan fingerprint density at radius 1 is 1.38 bits per heavy atom. The summed E-state index contributed by atoms with van der Waals surface area (Å²) in [5.41, 5.74) is 6.43. The standard InChI is InChI=1S/C13H28N2O/c1-5-7-8-15-10-13(14)9-11(16-6-2)12(13,3)4/h11,15H,5-10,14H2,1-4H3. The summed E-state index contributed by atoms with van der Waals surface area (Å²) in [6.45, 7) is 11.5. The quantitative estimate of drug-likeness (QED) is 0.654. The van der Waals surface area contributed by atoms with Crippen LogP contribution in [-0.4, -0.2) is 31.3 Å². The van der Waals surface area contributed by atoms with Gasteiger partial charge in [0.05, 0.1) is 6.10 Å². The van der Waals surface area contributed by atoms with Gasteiger partial charge in [0.2, 0.25) is 0 Å². The molecule has 1 aliphatic rings. The molecule has 3 heteroatoms. The van der Waals surface area contributed by atoms with Crippen LogP contribution in [0.2, 0.25) is 0 Å². The molecule has 0 aromatic carbocycles. The molecule has 0 bridgehead atoms. The Bertz CT molecular complexity index is 218. The maximum atomic E-state index is 6.44. The van der Waals surface area contributed by atoms with E-state index in [1.807, 2.05) is 6.92 Å². The average molecular weight is 228 g/mol. The van der Waals surface area contributed by atoms with Crippen LogP contribution in [0.4, 0.5) is 0 Å². The van der Waals surface area contributed by atoms with E-state index in [2.05, 4.69) is 26.1 Å². The van der Waals surface area contributed by atoms with Crippen LogP contribution in [0.5, 0.6) is 0 Å². The number of unbranched alkanes of at least 4 members (excludes halogenated alkanes) is 1. The smallest absolute Gasteiger partial charge is 0.0662 e. The van der Waals surface area contributed by atoms with Gasteiger partial charge in [-0.15, -0.1) is 0 Å². The molecule has 0 heterocycles. The highest BCUT2D eigenvalue weighted by Crippen LogP contribution is 2.49. The first-order chi connectivity index (χ1) is 7.48. The number of hydrogen-bond donors (Lipinski definition) is 2. The Morgan fingerprint density at radius 2 is 2.06 bits per heavy atom. The van der Waals surface area contributed by atoms with E-state index in [-0.39, 0.29) is 11.0 Å². The second-order valence-corrected chi connectivity index (χ2v) is 5.56. The van der Waals surface area contributed by atoms with Crippen LogP contribution in [0.25, 0.3) is 0 Å². The van der Waals surface area contributed by atoms with Crippen LogP contribution in [-0.2, 0) is 4.74 Å². The molecule has 1 aliphatic carbocycles. The first-order valence-corrected chi connectivity index (χ1v) is 6.59. The normalized spacial score (nSPS) is 32.4. The van der Waals surface area contributed by atoms with Crippen LogP contribution < -0.4 is 11.1 Å². The zero-order valence-corrected chi connectivity index (χ0v) is 11.3. The third-order valence-corrected chi connectivity index (χ3v) is 4.15. The van der Waals surface area contributed by atoms with Crippen LogP contribution in [0.1, 0.15) is 47.0 Å². The summed E-state index contributed by atoms with van der Waals surface area (Å²) in [6.07, 6.45) is 3.77. The van der Waals surface area contributed by atoms with E-state index >= 15 is 0 Å². The summed E-state index contributed by atoms with van der Waals surface area (Å²) in [4.78, 5) is 0. The van der Waals surface area contributed by atoms with E-state index in [0.29, 0.717) is 6.10 Å². The molecule has 0 amide bonds. The summed E-state index contributed by atoms with van der Waals surface area (Å²) in [5, 5.41) is 3.47. The molecule has 0 aliphatic heterocycles. The van der Waals surface area contributed by atoms with Crippen LogP contribution >= 0.6 is 0 Å². The fourth-order valence-electron chi connectivity index (χ4n) is 2.42. The second kappa shape index (κ2) is 5.48. The highest BCUT2D eigenvalue weighted by Gasteiger charge is 2.57. The summed E-state index contributed by atoms with van der Waals surface area (Å²) < 4.78 is 5.71. The Kier molecular flexibility index (Phi) is 4.77. The maximum Gasteiger partial charge on any atom is 0.0662 e. The Hall–Kier alpha value is -0.120. The molecule has 16 heavy (non-hydrogen) atoms. The van der Waals surface area contributed by atoms with Gasteiger partial charge in [0.1, 0.15) is 0 Å². The summed E-state index contributed by atoms with van der Waals surface area (Å²) in [7, 11) is 0. The highest BCUT2D eigenvalue weighted by atomic mass is 16.5. The Balaban J connectivity index is 2.36. The van der Waals surface area contributed by atoms with Crippen LogP contribution in [0.3, 0.4) is 0 Å². The van der Waals surface area contributed by atoms with Gasteiger partial charge >= 0.3 is 0 Å². The SMILES string of the molecule is CCCCNCC1(N)CC(OCC)C1(C)C. The number of ether oxygens (including phenoxy) is 1. The zero-order valence-electron chi connectivity index (χ0n) is 11.3. The van der Waals surface area contributed by atoms with Crippen molar-refractivity contribution in [2.45, 2.75) is 58.6 Å². The molecule has 3 nitrogen and oxygen atoms in total. The topological polar surface area (TPSA) is 47.3 Å². The van der Waals surface area contributed by atoms with Crippen molar-refractivity contribution in [3.8, 4) is 0 Å². The van der Waals surface area contributed by atoms with Gasteiger partial charge in [0, 0.05) is 24.1 Å². The molecule has 1 rings (SSSR count). The average Bonchev–Trinajstić information content (AvgIpc) is 2.24. The predicted molar refractivity (Wildman–Crippen MR) is 68.5 cm³/mol. The molecular formula is C13H28N2O. The number of nitrogens with two attached hydrogens (primary N) is 1. The van der Waals surface area contributed by atoms with Gasteiger partial charge in [0.25, 0.3) is 0 Å². The molecule has 0 aromatic rings. The third kappa shape index (κ3) is 2.58. The second-order valence-electron chi connectivity index (χ2n) is 5.56. The lowest BCUT2D eigenvalue weighted by Crippen LogP contribution is -2.73. The minimum Gasteiger partial charge on any atom is -0.378 e. The fourth-order valence-corrected chi connectivity index (χ4v) is 2.42. The molecule has 2 unspecified atom stereocenters. The van der Waals surface area contributed by atoms with Gasteiger partial charge in [-0.05, 0) is 26.3 Å². The highest BCUT2D eigenvalue weighted by molar-refractivity contribution is 5.14. The van der Waals surface area contributed by atoms with Crippen molar-refractivity contribution in [3.63, 3.8) is 0 Å². The molecule has 2 atom stereocenters. The largest absolute Gasteiger partial charge is 0.378 e. The number of nitrogens with one attached hydrogen (secondary N) is 1. The van der Waals surface area contributed by atoms with Gasteiger partial charge in [-0.1, -0.05) is 27.2 Å². The monoisotopic (exact) mass is 228 g/mol. The maximum absolute atomic E-state index is 6.44. The van der Waals surface area contributed by atoms with Gasteiger partial charge in [0.15, 0.2) is 0 Å². The zero-order chi connectivity index (χ0) is 12.2. The van der Waals surface area contributed by atoms with Crippen molar-refractivity contribution < 1.29 is 4.74 Å². The molecule has 0 aromatic heterocycles. The molecule has 0 radical (unpaired) electrons. The lowest BCUT2D eigenvalue weighted by atomic mass is 9.54. The van der Waals surface area contributed by atoms with E-state index in [4.69, 9.17) is 10.5 Å². The first kappa shape index (κ1) is 13.9. The van der Waals surface area contributed by atoms with Crippen molar-refractivity contribution in [3.05, 3.63) is 0 Å². The Morgan fingerprint density at radius 3 is 2.56 bits per heavy atom. The van der Waals surface area contributed by atoms with Gasteiger partial charge < -0.3 is 15.8 Å². The van der Waals surface area contributed by atoms with Gasteiger partial charge in [-0.2, -0.15) is 0 Å². The van der Waals surface area contributed by atoms with E-state index in [0.717, 1.165) is 26.1 Å². The van der Waals surface area contributed by atoms with Crippen molar-refractivity contribution in [2.24, 2.45) is 11.1 Å². The van der Waals surface area contributed by atoms with Crippen molar-refractivity contribution in [2.75, 3.05) is 19.7 Å². The fraction of sp³-hybridized carbons (Fsp3) is 1.00. The predicted octanol–water partition coefficient (Wildman–Crippen LogP) is 1.91. The number of hydrogen-bond acceptors (Lipinski definition) is 3. The molecule has 1 saturated carbocycles. The Labute approximate surface area is 100 Å². The molecule has 96 valence electrons. The summed E-state index contributed by atoms with van der Waals surface area (Å²) >= 11 is 0. The van der Waals surface area contributed by atoms with E-state index in [9.17, 15) is 0 Å². The van der Waals surface area contributed by atoms with Crippen LogP contribution in [0.15, 0.2) is 0 Å². The van der Waals surface area contributed by atoms with Crippen molar-refractivity contribution in [1.29, 1.82) is 0 Å². The number of rotatable bonds is 7. The van der Waals surface area contributed by atoms with E-state index in [1.54, 1.807) is 0 Å². The lowest BCUT2D eigenvalue weighted by molar-refractivity contribution is -0.148. The third-order valence-electron chi connectivity index (χ3n) is 4.15.